The second kappa shape index (κ2) is 3.76. The first kappa shape index (κ1) is 10.1. The van der Waals surface area contributed by atoms with Crippen LogP contribution in [0.2, 0.25) is 0 Å². The van der Waals surface area contributed by atoms with Gasteiger partial charge in [0, 0.05) is 5.92 Å². The van der Waals surface area contributed by atoms with Gasteiger partial charge in [0.1, 0.15) is 5.56 Å². The number of carboxylic acids is 1. The van der Waals surface area contributed by atoms with E-state index in [0.29, 0.717) is 11.5 Å². The van der Waals surface area contributed by atoms with E-state index in [4.69, 9.17) is 8.94 Å². The molecule has 1 fully saturated rings. The van der Waals surface area contributed by atoms with Gasteiger partial charge in [0.2, 0.25) is 0 Å². The molecule has 3 rings (SSSR count). The van der Waals surface area contributed by atoms with Crippen LogP contribution >= 0.6 is 0 Å². The fraction of sp³-hybridized carbons (Fsp3) is 0.333. The molecule has 1 saturated carbocycles. The van der Waals surface area contributed by atoms with Gasteiger partial charge >= 0.3 is 5.97 Å². The molecule has 17 heavy (non-hydrogen) atoms. The number of carbonyl (C=O) groups is 1. The average molecular weight is 233 g/mol. The van der Waals surface area contributed by atoms with Crippen molar-refractivity contribution in [2.24, 2.45) is 0 Å². The van der Waals surface area contributed by atoms with Crippen molar-refractivity contribution in [3.05, 3.63) is 29.7 Å². The zero-order valence-corrected chi connectivity index (χ0v) is 9.05. The molecule has 0 atom stereocenters. The molecule has 2 aromatic rings. The van der Waals surface area contributed by atoms with E-state index >= 15 is 0 Å². The van der Waals surface area contributed by atoms with Gasteiger partial charge in [-0.25, -0.2) is 4.79 Å². The van der Waals surface area contributed by atoms with Gasteiger partial charge in [-0.2, -0.15) is 0 Å². The number of furan rings is 1. The lowest BCUT2D eigenvalue weighted by atomic mass is 9.82. The first-order chi connectivity index (χ1) is 8.27. The molecule has 5 heteroatoms. The topological polar surface area (TPSA) is 76.5 Å². The molecule has 2 heterocycles. The Kier molecular flexibility index (Phi) is 2.24. The summed E-state index contributed by atoms with van der Waals surface area (Å²) < 4.78 is 10.4. The number of aromatic carboxylic acids is 1. The van der Waals surface area contributed by atoms with Gasteiger partial charge in [-0.15, -0.1) is 0 Å². The minimum atomic E-state index is -1.01. The minimum absolute atomic E-state index is 0.143. The molecular formula is C12H11NO4. The van der Waals surface area contributed by atoms with Crippen molar-refractivity contribution < 1.29 is 18.8 Å². The van der Waals surface area contributed by atoms with E-state index in [0.717, 1.165) is 19.3 Å². The van der Waals surface area contributed by atoms with Crippen molar-refractivity contribution in [2.45, 2.75) is 25.2 Å². The molecule has 0 aliphatic heterocycles. The lowest BCUT2D eigenvalue weighted by Gasteiger charge is -2.22. The fourth-order valence-electron chi connectivity index (χ4n) is 2.04. The summed E-state index contributed by atoms with van der Waals surface area (Å²) in [5, 5.41) is 13.1. The van der Waals surface area contributed by atoms with Crippen molar-refractivity contribution in [1.29, 1.82) is 0 Å². The van der Waals surface area contributed by atoms with Crippen LogP contribution in [-0.4, -0.2) is 16.2 Å². The third-order valence-corrected chi connectivity index (χ3v) is 3.16. The molecule has 1 N–H and O–H groups in total. The van der Waals surface area contributed by atoms with Crippen LogP contribution in [0.1, 0.15) is 41.3 Å². The van der Waals surface area contributed by atoms with Gasteiger partial charge in [-0.3, -0.25) is 0 Å². The Balaban J connectivity index is 2.10. The fourth-order valence-corrected chi connectivity index (χ4v) is 2.04. The highest BCUT2D eigenvalue weighted by Crippen LogP contribution is 2.40. The zero-order valence-electron chi connectivity index (χ0n) is 9.05. The minimum Gasteiger partial charge on any atom is -0.477 e. The summed E-state index contributed by atoms with van der Waals surface area (Å²) >= 11 is 0. The highest BCUT2D eigenvalue weighted by molar-refractivity contribution is 5.95. The molecule has 0 radical (unpaired) electrons. The summed E-state index contributed by atoms with van der Waals surface area (Å²) in [6.07, 6.45) is 4.53. The lowest BCUT2D eigenvalue weighted by molar-refractivity contribution is 0.0693. The first-order valence-corrected chi connectivity index (χ1v) is 5.54. The number of carboxylic acid groups (broad SMARTS) is 1. The second-order valence-corrected chi connectivity index (χ2v) is 4.18. The smallest absolute Gasteiger partial charge is 0.341 e. The molecule has 88 valence electrons. The number of nitrogens with zero attached hydrogens (tertiary/aromatic N) is 1. The summed E-state index contributed by atoms with van der Waals surface area (Å²) in [5.74, 6) is 0.0868. The molecule has 0 bridgehead atoms. The molecule has 5 nitrogen and oxygen atoms in total. The van der Waals surface area contributed by atoms with E-state index in [-0.39, 0.29) is 17.2 Å². The Morgan fingerprint density at radius 2 is 2.29 bits per heavy atom. The lowest BCUT2D eigenvalue weighted by Crippen LogP contribution is -2.12. The number of aromatic nitrogens is 1. The number of hydrogen-bond acceptors (Lipinski definition) is 4. The highest BCUT2D eigenvalue weighted by Gasteiger charge is 2.33. The van der Waals surface area contributed by atoms with Crippen molar-refractivity contribution in [1.82, 2.24) is 5.16 Å². The van der Waals surface area contributed by atoms with Crippen LogP contribution in [0, 0.1) is 0 Å². The maximum absolute atomic E-state index is 11.3. The number of hydrogen-bond donors (Lipinski definition) is 1. The summed E-state index contributed by atoms with van der Waals surface area (Å²) in [7, 11) is 0. The average Bonchev–Trinajstić information content (AvgIpc) is 2.80. The van der Waals surface area contributed by atoms with Gasteiger partial charge in [-0.05, 0) is 25.0 Å². The molecule has 0 saturated heterocycles. The molecule has 1 aliphatic rings. The van der Waals surface area contributed by atoms with Crippen LogP contribution in [0.25, 0.3) is 11.5 Å². The van der Waals surface area contributed by atoms with E-state index in [1.807, 2.05) is 0 Å². The van der Waals surface area contributed by atoms with Crippen molar-refractivity contribution >= 4 is 5.97 Å². The van der Waals surface area contributed by atoms with Crippen molar-refractivity contribution in [3.63, 3.8) is 0 Å². The van der Waals surface area contributed by atoms with Gasteiger partial charge in [0.25, 0.3) is 0 Å². The third kappa shape index (κ3) is 1.54. The molecule has 1 aliphatic carbocycles. The Bertz CT molecular complexity index is 537. The third-order valence-electron chi connectivity index (χ3n) is 3.16. The van der Waals surface area contributed by atoms with Crippen LogP contribution in [-0.2, 0) is 0 Å². The van der Waals surface area contributed by atoms with Crippen LogP contribution in [0.5, 0.6) is 0 Å². The summed E-state index contributed by atoms with van der Waals surface area (Å²) in [5.41, 5.74) is 0.425. The van der Waals surface area contributed by atoms with E-state index in [1.54, 1.807) is 12.1 Å². The maximum Gasteiger partial charge on any atom is 0.341 e. The predicted molar refractivity (Wildman–Crippen MR) is 57.8 cm³/mol. The quantitative estimate of drug-likeness (QED) is 0.881. The van der Waals surface area contributed by atoms with Crippen LogP contribution in [0.3, 0.4) is 0 Å². The Morgan fingerprint density at radius 3 is 2.82 bits per heavy atom. The molecule has 0 amide bonds. The van der Waals surface area contributed by atoms with Crippen LogP contribution in [0.15, 0.2) is 27.3 Å². The summed E-state index contributed by atoms with van der Waals surface area (Å²) in [6.45, 7) is 0. The molecule has 2 aromatic heterocycles. The Labute approximate surface area is 97.0 Å². The van der Waals surface area contributed by atoms with Crippen LogP contribution in [0.4, 0.5) is 0 Å². The van der Waals surface area contributed by atoms with Gasteiger partial charge in [0.15, 0.2) is 17.2 Å². The predicted octanol–water partition coefficient (Wildman–Crippen LogP) is 2.90. The monoisotopic (exact) mass is 233 g/mol. The zero-order chi connectivity index (χ0) is 11.8. The molecule has 0 spiro atoms. The Morgan fingerprint density at radius 1 is 1.47 bits per heavy atom. The van der Waals surface area contributed by atoms with Crippen molar-refractivity contribution in [3.8, 4) is 11.5 Å². The van der Waals surface area contributed by atoms with E-state index in [9.17, 15) is 9.90 Å². The first-order valence-electron chi connectivity index (χ1n) is 5.54. The normalized spacial score (nSPS) is 15.8. The molecule has 0 unspecified atom stereocenters. The Hall–Kier alpha value is -2.04. The van der Waals surface area contributed by atoms with Gasteiger partial charge < -0.3 is 14.0 Å². The maximum atomic E-state index is 11.3. The second-order valence-electron chi connectivity index (χ2n) is 4.18. The highest BCUT2D eigenvalue weighted by atomic mass is 16.5. The van der Waals surface area contributed by atoms with Gasteiger partial charge in [0.05, 0.1) is 6.26 Å². The largest absolute Gasteiger partial charge is 0.477 e. The standard InChI is InChI=1S/C12H11NO4/c14-12(15)9-10(8-5-2-6-16-8)13-17-11(9)7-3-1-4-7/h2,5-7H,1,3-4H2,(H,14,15). The van der Waals surface area contributed by atoms with E-state index < -0.39 is 5.97 Å². The van der Waals surface area contributed by atoms with E-state index in [2.05, 4.69) is 5.16 Å². The van der Waals surface area contributed by atoms with Crippen molar-refractivity contribution in [2.75, 3.05) is 0 Å². The summed E-state index contributed by atoms with van der Waals surface area (Å²) in [6, 6.07) is 3.37. The molecule has 0 aromatic carbocycles. The van der Waals surface area contributed by atoms with Crippen LogP contribution < -0.4 is 0 Å². The van der Waals surface area contributed by atoms with E-state index in [1.165, 1.54) is 6.26 Å². The summed E-state index contributed by atoms with van der Waals surface area (Å²) in [4.78, 5) is 11.3. The molecular weight excluding hydrogens is 222 g/mol. The SMILES string of the molecule is O=C(O)c1c(-c2ccco2)noc1C1CCC1. The number of rotatable bonds is 3. The van der Waals surface area contributed by atoms with Gasteiger partial charge in [-0.1, -0.05) is 11.6 Å².